The molecule has 3 rings (SSSR count). The molecule has 1 aromatic heterocycles. The van der Waals surface area contributed by atoms with E-state index in [2.05, 4.69) is 10.4 Å². The number of anilines is 1. The molecule has 1 fully saturated rings. The van der Waals surface area contributed by atoms with Gasteiger partial charge in [0.05, 0.1) is 11.6 Å². The molecule has 26 heavy (non-hydrogen) atoms. The van der Waals surface area contributed by atoms with Crippen LogP contribution in [-0.4, -0.2) is 44.9 Å². The highest BCUT2D eigenvalue weighted by Gasteiger charge is 2.32. The molecule has 0 radical (unpaired) electrons. The van der Waals surface area contributed by atoms with Crippen molar-refractivity contribution in [2.75, 3.05) is 18.4 Å². The van der Waals surface area contributed by atoms with E-state index in [1.807, 2.05) is 45.2 Å². The van der Waals surface area contributed by atoms with Crippen molar-refractivity contribution < 1.29 is 14.7 Å². The molecule has 0 saturated carbocycles. The molecule has 0 aliphatic carbocycles. The van der Waals surface area contributed by atoms with Crippen LogP contribution < -0.4 is 5.32 Å². The monoisotopic (exact) mass is 356 g/mol. The van der Waals surface area contributed by atoms with Crippen LogP contribution in [0.15, 0.2) is 30.5 Å². The number of carboxylic acid groups (broad SMARTS) is 1. The second-order valence-electron chi connectivity index (χ2n) is 7.08. The molecule has 1 saturated heterocycles. The van der Waals surface area contributed by atoms with E-state index in [9.17, 15) is 14.7 Å². The van der Waals surface area contributed by atoms with Gasteiger partial charge in [0.15, 0.2) is 0 Å². The van der Waals surface area contributed by atoms with Crippen LogP contribution in [0.3, 0.4) is 0 Å². The van der Waals surface area contributed by atoms with Gasteiger partial charge in [-0.3, -0.25) is 9.48 Å². The first-order valence-electron chi connectivity index (χ1n) is 8.73. The molecule has 2 aromatic rings. The van der Waals surface area contributed by atoms with Crippen molar-refractivity contribution in [1.82, 2.24) is 14.7 Å². The number of urea groups is 1. The molecule has 2 heterocycles. The van der Waals surface area contributed by atoms with E-state index in [-0.39, 0.29) is 18.5 Å². The highest BCUT2D eigenvalue weighted by atomic mass is 16.4. The molecule has 7 heteroatoms. The van der Waals surface area contributed by atoms with Gasteiger partial charge < -0.3 is 15.3 Å². The largest absolute Gasteiger partial charge is 0.481 e. The number of nitrogens with zero attached hydrogens (tertiary/aromatic N) is 3. The zero-order chi connectivity index (χ0) is 18.8. The molecule has 2 unspecified atom stereocenters. The van der Waals surface area contributed by atoms with Gasteiger partial charge in [-0.15, -0.1) is 0 Å². The number of aryl methyl sites for hydroxylation is 2. The maximum absolute atomic E-state index is 12.7. The Morgan fingerprint density at radius 3 is 2.69 bits per heavy atom. The van der Waals surface area contributed by atoms with Crippen LogP contribution in [0.1, 0.15) is 18.9 Å². The van der Waals surface area contributed by atoms with Gasteiger partial charge in [-0.2, -0.15) is 5.10 Å². The quantitative estimate of drug-likeness (QED) is 0.885. The number of hydrogen-bond acceptors (Lipinski definition) is 3. The minimum absolute atomic E-state index is 0.164. The molecule has 1 aliphatic heterocycles. The van der Waals surface area contributed by atoms with Crippen molar-refractivity contribution >= 4 is 17.7 Å². The fraction of sp³-hybridized carbons (Fsp3) is 0.421. The van der Waals surface area contributed by atoms with Gasteiger partial charge >= 0.3 is 12.0 Å². The van der Waals surface area contributed by atoms with Crippen LogP contribution in [0.4, 0.5) is 10.5 Å². The van der Waals surface area contributed by atoms with E-state index in [4.69, 9.17) is 0 Å². The van der Waals surface area contributed by atoms with Crippen LogP contribution >= 0.6 is 0 Å². The molecule has 1 aromatic carbocycles. The summed E-state index contributed by atoms with van der Waals surface area (Å²) in [6, 6.07) is 7.53. The maximum atomic E-state index is 12.7. The Kier molecular flexibility index (Phi) is 4.97. The first-order chi connectivity index (χ1) is 12.3. The van der Waals surface area contributed by atoms with E-state index in [0.29, 0.717) is 13.0 Å². The van der Waals surface area contributed by atoms with Gasteiger partial charge in [0.1, 0.15) is 0 Å². The molecular weight excluding hydrogens is 332 g/mol. The lowest BCUT2D eigenvalue weighted by atomic mass is 9.91. The summed E-state index contributed by atoms with van der Waals surface area (Å²) in [5.74, 6) is -1.19. The van der Waals surface area contributed by atoms with E-state index >= 15 is 0 Å². The lowest BCUT2D eigenvalue weighted by Gasteiger charge is -2.34. The van der Waals surface area contributed by atoms with Crippen LogP contribution in [0, 0.1) is 18.8 Å². The Morgan fingerprint density at radius 1 is 1.27 bits per heavy atom. The van der Waals surface area contributed by atoms with E-state index < -0.39 is 11.9 Å². The number of piperidine rings is 1. The van der Waals surface area contributed by atoms with Gasteiger partial charge in [0.25, 0.3) is 0 Å². The molecule has 2 amide bonds. The number of rotatable bonds is 3. The lowest BCUT2D eigenvalue weighted by Crippen LogP contribution is -2.47. The highest BCUT2D eigenvalue weighted by Crippen LogP contribution is 2.26. The summed E-state index contributed by atoms with van der Waals surface area (Å²) >= 11 is 0. The third kappa shape index (κ3) is 3.71. The summed E-state index contributed by atoms with van der Waals surface area (Å²) in [5.41, 5.74) is 3.59. The number of carbonyl (C=O) groups is 2. The second kappa shape index (κ2) is 7.19. The van der Waals surface area contributed by atoms with Gasteiger partial charge in [0.2, 0.25) is 0 Å². The fourth-order valence-electron chi connectivity index (χ4n) is 3.46. The predicted molar refractivity (Wildman–Crippen MR) is 98.9 cm³/mol. The minimum atomic E-state index is -0.844. The zero-order valence-electron chi connectivity index (χ0n) is 15.3. The van der Waals surface area contributed by atoms with Crippen LogP contribution in [0.25, 0.3) is 11.3 Å². The van der Waals surface area contributed by atoms with Crippen molar-refractivity contribution in [2.45, 2.75) is 20.3 Å². The van der Waals surface area contributed by atoms with Crippen molar-refractivity contribution in [3.05, 3.63) is 36.0 Å². The average Bonchev–Trinajstić information content (AvgIpc) is 3.02. The van der Waals surface area contributed by atoms with Crippen LogP contribution in [0.5, 0.6) is 0 Å². The molecule has 7 nitrogen and oxygen atoms in total. The van der Waals surface area contributed by atoms with Gasteiger partial charge in [0, 0.05) is 37.6 Å². The number of carbonyl (C=O) groups excluding carboxylic acids is 1. The molecule has 2 N–H and O–H groups in total. The lowest BCUT2D eigenvalue weighted by molar-refractivity contribution is -0.143. The summed E-state index contributed by atoms with van der Waals surface area (Å²) in [4.78, 5) is 25.6. The number of carboxylic acids is 1. The summed E-state index contributed by atoms with van der Waals surface area (Å²) < 4.78 is 1.78. The number of aromatic nitrogens is 2. The molecule has 1 aliphatic rings. The van der Waals surface area contributed by atoms with Crippen molar-refractivity contribution in [2.24, 2.45) is 18.9 Å². The van der Waals surface area contributed by atoms with Crippen molar-refractivity contribution in [3.8, 4) is 11.3 Å². The van der Waals surface area contributed by atoms with Gasteiger partial charge in [-0.05, 0) is 37.0 Å². The number of benzene rings is 1. The SMILES string of the molecule is Cc1ccc(-c2ccnn2C)cc1NC(=O)N1CC(C)CC(C(=O)O)C1. The molecule has 0 spiro atoms. The number of likely N-dealkylation sites (tertiary alicyclic amines) is 1. The topological polar surface area (TPSA) is 87.5 Å². The molecule has 138 valence electrons. The minimum Gasteiger partial charge on any atom is -0.481 e. The normalized spacial score (nSPS) is 20.0. The van der Waals surface area contributed by atoms with E-state index in [1.54, 1.807) is 15.8 Å². The van der Waals surface area contributed by atoms with Gasteiger partial charge in [-0.1, -0.05) is 19.1 Å². The molecule has 0 bridgehead atoms. The fourth-order valence-corrected chi connectivity index (χ4v) is 3.46. The highest BCUT2D eigenvalue weighted by molar-refractivity contribution is 5.91. The number of hydrogen-bond donors (Lipinski definition) is 2. The maximum Gasteiger partial charge on any atom is 0.321 e. The smallest absolute Gasteiger partial charge is 0.321 e. The van der Waals surface area contributed by atoms with E-state index in [1.165, 1.54) is 0 Å². The van der Waals surface area contributed by atoms with Crippen molar-refractivity contribution in [3.63, 3.8) is 0 Å². The third-order valence-corrected chi connectivity index (χ3v) is 4.89. The van der Waals surface area contributed by atoms with Crippen LogP contribution in [0.2, 0.25) is 0 Å². The molecule has 2 atom stereocenters. The Bertz CT molecular complexity index is 830. The summed E-state index contributed by atoms with van der Waals surface area (Å²) in [6.07, 6.45) is 2.34. The Hall–Kier alpha value is -2.83. The summed E-state index contributed by atoms with van der Waals surface area (Å²) in [7, 11) is 1.87. The average molecular weight is 356 g/mol. The van der Waals surface area contributed by atoms with Gasteiger partial charge in [-0.25, -0.2) is 4.79 Å². The Morgan fingerprint density at radius 2 is 2.04 bits per heavy atom. The first kappa shape index (κ1) is 18.0. The predicted octanol–water partition coefficient (Wildman–Crippen LogP) is 2.97. The standard InChI is InChI=1S/C19H24N4O3/c1-12-8-15(18(24)25)11-23(10-12)19(26)21-16-9-14(5-4-13(16)2)17-6-7-20-22(17)3/h4-7,9,12,15H,8,10-11H2,1-3H3,(H,21,26)(H,24,25). The Labute approximate surface area is 152 Å². The summed E-state index contributed by atoms with van der Waals surface area (Å²) in [5, 5.41) is 16.4. The number of amides is 2. The molecular formula is C19H24N4O3. The first-order valence-corrected chi connectivity index (χ1v) is 8.73. The second-order valence-corrected chi connectivity index (χ2v) is 7.08. The van der Waals surface area contributed by atoms with Crippen molar-refractivity contribution in [1.29, 1.82) is 0 Å². The zero-order valence-corrected chi connectivity index (χ0v) is 15.3. The number of nitrogens with one attached hydrogen (secondary N) is 1. The number of aliphatic carboxylic acids is 1. The Balaban J connectivity index is 1.79. The summed E-state index contributed by atoms with van der Waals surface area (Å²) in [6.45, 7) is 4.72. The third-order valence-electron chi connectivity index (χ3n) is 4.89. The van der Waals surface area contributed by atoms with Crippen LogP contribution in [-0.2, 0) is 11.8 Å². The van der Waals surface area contributed by atoms with E-state index in [0.717, 1.165) is 22.5 Å².